The highest BCUT2D eigenvalue weighted by atomic mass is 16.5. The molecule has 0 aromatic heterocycles. The van der Waals surface area contributed by atoms with Gasteiger partial charge in [-0.2, -0.15) is 0 Å². The maximum Gasteiger partial charge on any atom is 0.324 e. The molecule has 0 saturated carbocycles. The van der Waals surface area contributed by atoms with E-state index in [1.165, 1.54) is 6.92 Å². The monoisotopic (exact) mass is 364 g/mol. The molecule has 146 valence electrons. The first-order valence-corrected chi connectivity index (χ1v) is 7.52. The molecule has 4 atom stereocenters. The third-order valence-corrected chi connectivity index (χ3v) is 3.10. The van der Waals surface area contributed by atoms with Crippen LogP contribution in [0.25, 0.3) is 0 Å². The minimum Gasteiger partial charge on any atom is -0.480 e. The van der Waals surface area contributed by atoms with Crippen LogP contribution in [-0.2, 0) is 23.9 Å². The van der Waals surface area contributed by atoms with E-state index in [-0.39, 0.29) is 18.8 Å². The van der Waals surface area contributed by atoms with Crippen LogP contribution in [0.2, 0.25) is 0 Å². The quantitative estimate of drug-likeness (QED) is 0.246. The molecule has 0 rings (SSSR count). The van der Waals surface area contributed by atoms with Crippen molar-refractivity contribution in [1.82, 2.24) is 0 Å². The van der Waals surface area contributed by atoms with Gasteiger partial charge < -0.3 is 37.9 Å². The van der Waals surface area contributed by atoms with Gasteiger partial charge in [0.1, 0.15) is 24.2 Å². The smallest absolute Gasteiger partial charge is 0.324 e. The summed E-state index contributed by atoms with van der Waals surface area (Å²) in [6.45, 7) is 4.96. The zero-order valence-electron chi connectivity index (χ0n) is 14.5. The zero-order chi connectivity index (χ0) is 20.3. The number of carboxylic acid groups (broad SMARTS) is 2. The second-order valence-electron chi connectivity index (χ2n) is 5.73. The topological polar surface area (TPSA) is 222 Å². The molecule has 0 aliphatic carbocycles. The molecular formula is C14H28N4O7. The maximum atomic E-state index is 11.3. The van der Waals surface area contributed by atoms with Crippen molar-refractivity contribution in [3.05, 3.63) is 0 Å². The molecule has 0 aromatic rings. The van der Waals surface area contributed by atoms with Crippen LogP contribution in [0.5, 0.6) is 0 Å². The molecule has 0 spiro atoms. The van der Waals surface area contributed by atoms with Crippen molar-refractivity contribution in [2.45, 2.75) is 57.8 Å². The van der Waals surface area contributed by atoms with Gasteiger partial charge in [-0.1, -0.05) is 13.8 Å². The lowest BCUT2D eigenvalue weighted by Crippen LogP contribution is -2.46. The largest absolute Gasteiger partial charge is 0.480 e. The molecule has 0 fully saturated rings. The number of hydrogen-bond donors (Lipinski definition) is 6. The van der Waals surface area contributed by atoms with Gasteiger partial charge in [-0.25, -0.2) is 0 Å². The molecule has 11 nitrogen and oxygen atoms in total. The molecular weight excluding hydrogens is 336 g/mol. The second kappa shape index (κ2) is 12.2. The van der Waals surface area contributed by atoms with Crippen LogP contribution in [0.3, 0.4) is 0 Å². The van der Waals surface area contributed by atoms with Gasteiger partial charge in [0.05, 0.1) is 0 Å². The van der Waals surface area contributed by atoms with Gasteiger partial charge in [-0.05, 0) is 19.3 Å². The average molecular weight is 364 g/mol. The van der Waals surface area contributed by atoms with Crippen molar-refractivity contribution in [1.29, 1.82) is 0 Å². The van der Waals surface area contributed by atoms with Gasteiger partial charge in [0.25, 0.3) is 0 Å². The van der Waals surface area contributed by atoms with E-state index in [9.17, 15) is 19.2 Å². The molecule has 0 heterocycles. The Labute approximate surface area is 145 Å². The first-order chi connectivity index (χ1) is 11.3. The molecule has 0 aliphatic heterocycles. The molecule has 0 saturated heterocycles. The number of ether oxygens (including phenoxy) is 1. The molecule has 10 N–H and O–H groups in total. The number of aliphatic carboxylic acids is 2. The van der Waals surface area contributed by atoms with E-state index in [0.29, 0.717) is 0 Å². The first kappa shape index (κ1) is 25.0. The zero-order valence-corrected chi connectivity index (χ0v) is 14.5. The van der Waals surface area contributed by atoms with E-state index < -0.39 is 48.0 Å². The summed E-state index contributed by atoms with van der Waals surface area (Å²) < 4.78 is 4.83. The van der Waals surface area contributed by atoms with Crippen LogP contribution in [0, 0.1) is 5.92 Å². The standard InChI is InChI=1S/C9H18N2O4.C5H10N2O3/c1-4(2)6(10)9(14)15-5(3)7(11)8(12)13;6-3(5(9)10)1-2-4(7)8/h4-7H,10-11H2,1-3H3,(H,12,13);3H,1-2,6H2,(H2,7,8)(H,9,10)/t5-,6+,7+;3-/m10/s1. The Morgan fingerprint density at radius 1 is 0.920 bits per heavy atom. The van der Waals surface area contributed by atoms with Crippen LogP contribution in [-0.4, -0.2) is 58.3 Å². The lowest BCUT2D eigenvalue weighted by atomic mass is 10.1. The number of esters is 1. The summed E-state index contributed by atoms with van der Waals surface area (Å²) in [6.07, 6.45) is -0.766. The van der Waals surface area contributed by atoms with Crippen molar-refractivity contribution < 1.29 is 34.1 Å². The highest BCUT2D eigenvalue weighted by Gasteiger charge is 2.27. The van der Waals surface area contributed by atoms with E-state index in [0.717, 1.165) is 0 Å². The van der Waals surface area contributed by atoms with Gasteiger partial charge in [0.2, 0.25) is 5.91 Å². The molecule has 0 aliphatic rings. The van der Waals surface area contributed by atoms with Crippen LogP contribution in [0.4, 0.5) is 0 Å². The first-order valence-electron chi connectivity index (χ1n) is 7.52. The average Bonchev–Trinajstić information content (AvgIpc) is 2.50. The van der Waals surface area contributed by atoms with E-state index >= 15 is 0 Å². The molecule has 11 heteroatoms. The summed E-state index contributed by atoms with van der Waals surface area (Å²) in [5.74, 6) is -3.55. The van der Waals surface area contributed by atoms with E-state index in [2.05, 4.69) is 0 Å². The minimum absolute atomic E-state index is 0.0213. The number of primary amides is 1. The summed E-state index contributed by atoms with van der Waals surface area (Å²) in [5, 5.41) is 16.8. The van der Waals surface area contributed by atoms with Crippen molar-refractivity contribution in [2.24, 2.45) is 28.9 Å². The summed E-state index contributed by atoms with van der Waals surface area (Å²) >= 11 is 0. The Balaban J connectivity index is 0. The molecule has 0 unspecified atom stereocenters. The molecule has 0 bridgehead atoms. The highest BCUT2D eigenvalue weighted by molar-refractivity contribution is 5.78. The lowest BCUT2D eigenvalue weighted by Gasteiger charge is -2.20. The number of amides is 1. The highest BCUT2D eigenvalue weighted by Crippen LogP contribution is 2.04. The third kappa shape index (κ3) is 11.9. The number of nitrogens with two attached hydrogens (primary N) is 4. The predicted octanol–water partition coefficient (Wildman–Crippen LogP) is -2.02. The van der Waals surface area contributed by atoms with Gasteiger partial charge in [0.15, 0.2) is 0 Å². The minimum atomic E-state index is -1.23. The summed E-state index contributed by atoms with van der Waals surface area (Å²) in [7, 11) is 0. The number of carboxylic acids is 2. The molecule has 0 radical (unpaired) electrons. The van der Waals surface area contributed by atoms with Crippen molar-refractivity contribution in [3.63, 3.8) is 0 Å². The summed E-state index contributed by atoms with van der Waals surface area (Å²) in [4.78, 5) is 41.9. The number of rotatable bonds is 9. The second-order valence-corrected chi connectivity index (χ2v) is 5.73. The van der Waals surface area contributed by atoms with E-state index in [4.69, 9.17) is 37.9 Å². The normalized spacial score (nSPS) is 15.2. The van der Waals surface area contributed by atoms with Crippen LogP contribution in [0.15, 0.2) is 0 Å². The van der Waals surface area contributed by atoms with E-state index in [1.54, 1.807) is 13.8 Å². The summed E-state index contributed by atoms with van der Waals surface area (Å²) in [5.41, 5.74) is 20.6. The fourth-order valence-corrected chi connectivity index (χ4v) is 1.23. The number of hydrogen-bond acceptors (Lipinski definition) is 8. The summed E-state index contributed by atoms with van der Waals surface area (Å²) in [6, 6.07) is -2.96. The van der Waals surface area contributed by atoms with Gasteiger partial charge >= 0.3 is 17.9 Å². The fourth-order valence-electron chi connectivity index (χ4n) is 1.23. The van der Waals surface area contributed by atoms with E-state index in [1.807, 2.05) is 0 Å². The van der Waals surface area contributed by atoms with Crippen molar-refractivity contribution in [3.8, 4) is 0 Å². The van der Waals surface area contributed by atoms with Crippen molar-refractivity contribution in [2.75, 3.05) is 0 Å². The Morgan fingerprint density at radius 2 is 1.40 bits per heavy atom. The number of carbonyl (C=O) groups excluding carboxylic acids is 2. The van der Waals surface area contributed by atoms with Crippen LogP contribution in [0.1, 0.15) is 33.6 Å². The lowest BCUT2D eigenvalue weighted by molar-refractivity contribution is -0.155. The van der Waals surface area contributed by atoms with Gasteiger partial charge in [-0.3, -0.25) is 19.2 Å². The number of carbonyl (C=O) groups is 4. The fraction of sp³-hybridized carbons (Fsp3) is 0.714. The molecule has 1 amide bonds. The molecule has 0 aromatic carbocycles. The SMILES string of the molecule is CC(C)[C@H](N)C(=O)O[C@H](C)[C@H](N)C(=O)O.NC(=O)CC[C@H](N)C(=O)O. The van der Waals surface area contributed by atoms with Gasteiger partial charge in [-0.15, -0.1) is 0 Å². The molecule has 25 heavy (non-hydrogen) atoms. The Kier molecular flexibility index (Phi) is 12.2. The Morgan fingerprint density at radius 3 is 1.72 bits per heavy atom. The third-order valence-electron chi connectivity index (χ3n) is 3.10. The van der Waals surface area contributed by atoms with Crippen molar-refractivity contribution >= 4 is 23.8 Å². The van der Waals surface area contributed by atoms with Crippen LogP contribution >= 0.6 is 0 Å². The Bertz CT molecular complexity index is 470. The van der Waals surface area contributed by atoms with Crippen LogP contribution < -0.4 is 22.9 Å². The predicted molar refractivity (Wildman–Crippen MR) is 88.0 cm³/mol. The maximum absolute atomic E-state index is 11.3. The van der Waals surface area contributed by atoms with Gasteiger partial charge in [0, 0.05) is 6.42 Å². The Hall–Kier alpha value is -2.24.